The summed E-state index contributed by atoms with van der Waals surface area (Å²) in [5.74, 6) is 1.22. The van der Waals surface area contributed by atoms with Crippen LogP contribution in [0.3, 0.4) is 0 Å². The molecule has 2 aromatic heterocycles. The van der Waals surface area contributed by atoms with Gasteiger partial charge in [-0.15, -0.1) is 0 Å². The van der Waals surface area contributed by atoms with Crippen LogP contribution in [0.25, 0.3) is 5.95 Å². The molecule has 0 aliphatic carbocycles. The fourth-order valence-corrected chi connectivity index (χ4v) is 2.01. The average Bonchev–Trinajstić information content (AvgIpc) is 3.04. The number of hydrogen-bond donors (Lipinski definition) is 2. The first-order valence-corrected chi connectivity index (χ1v) is 6.86. The first kappa shape index (κ1) is 13.4. The minimum Gasteiger partial charge on any atom is -0.357 e. The van der Waals surface area contributed by atoms with E-state index < -0.39 is 0 Å². The maximum Gasteiger partial charge on any atom is 0.258 e. The van der Waals surface area contributed by atoms with Gasteiger partial charge >= 0.3 is 0 Å². The van der Waals surface area contributed by atoms with Crippen LogP contribution in [0, 0.1) is 0 Å². The van der Waals surface area contributed by atoms with E-state index in [1.165, 1.54) is 17.3 Å². The molecule has 0 spiro atoms. The molecule has 8 nitrogen and oxygen atoms in total. The third kappa shape index (κ3) is 2.97. The van der Waals surface area contributed by atoms with E-state index in [9.17, 15) is 0 Å². The quantitative estimate of drug-likeness (QED) is 0.746. The highest BCUT2D eigenvalue weighted by molar-refractivity contribution is 9.10. The zero-order valence-electron chi connectivity index (χ0n) is 11.0. The van der Waals surface area contributed by atoms with Gasteiger partial charge in [-0.05, 0) is 28.1 Å². The van der Waals surface area contributed by atoms with Crippen LogP contribution in [0.1, 0.15) is 0 Å². The Morgan fingerprint density at radius 3 is 2.62 bits per heavy atom. The van der Waals surface area contributed by atoms with Gasteiger partial charge in [-0.25, -0.2) is 4.98 Å². The molecule has 2 N–H and O–H groups in total. The number of anilines is 3. The minimum absolute atomic E-state index is 0.376. The van der Waals surface area contributed by atoms with Gasteiger partial charge in [0.25, 0.3) is 5.95 Å². The van der Waals surface area contributed by atoms with Crippen LogP contribution in [0.5, 0.6) is 0 Å². The van der Waals surface area contributed by atoms with E-state index in [0.29, 0.717) is 17.8 Å². The Morgan fingerprint density at radius 2 is 1.90 bits per heavy atom. The zero-order chi connectivity index (χ0) is 14.7. The minimum atomic E-state index is 0.376. The van der Waals surface area contributed by atoms with Crippen molar-refractivity contribution in [3.63, 3.8) is 0 Å². The number of hydrogen-bond acceptors (Lipinski definition) is 7. The monoisotopic (exact) mass is 346 g/mol. The molecule has 0 aliphatic heterocycles. The summed E-state index contributed by atoms with van der Waals surface area (Å²) in [5.41, 5.74) is 0.857. The number of benzene rings is 1. The topological polar surface area (TPSA) is 93.4 Å². The van der Waals surface area contributed by atoms with Gasteiger partial charge in [0.05, 0.1) is 5.69 Å². The molecule has 0 atom stereocenters. The summed E-state index contributed by atoms with van der Waals surface area (Å²) in [7, 11) is 1.74. The highest BCUT2D eigenvalue weighted by Crippen LogP contribution is 2.24. The number of aromatic nitrogens is 6. The molecular formula is C12H11BrN8. The van der Waals surface area contributed by atoms with Crippen molar-refractivity contribution < 1.29 is 0 Å². The van der Waals surface area contributed by atoms with Crippen molar-refractivity contribution in [2.24, 2.45) is 0 Å². The summed E-state index contributed by atoms with van der Waals surface area (Å²) in [6, 6.07) is 7.71. The molecule has 0 fully saturated rings. The van der Waals surface area contributed by atoms with Crippen molar-refractivity contribution in [2.75, 3.05) is 17.7 Å². The summed E-state index contributed by atoms with van der Waals surface area (Å²) < 4.78 is 2.38. The molecule has 0 radical (unpaired) electrons. The predicted molar refractivity (Wildman–Crippen MR) is 81.7 cm³/mol. The van der Waals surface area contributed by atoms with Gasteiger partial charge in [0, 0.05) is 11.5 Å². The Bertz CT molecular complexity index is 743. The molecule has 0 saturated carbocycles. The molecule has 2 heterocycles. The van der Waals surface area contributed by atoms with E-state index in [-0.39, 0.29) is 0 Å². The van der Waals surface area contributed by atoms with Gasteiger partial charge in [-0.1, -0.05) is 12.1 Å². The van der Waals surface area contributed by atoms with E-state index >= 15 is 0 Å². The van der Waals surface area contributed by atoms with E-state index in [1.807, 2.05) is 24.3 Å². The lowest BCUT2D eigenvalue weighted by Crippen LogP contribution is -2.09. The molecule has 1 aromatic carbocycles. The second-order valence-corrected chi connectivity index (χ2v) is 4.83. The molecule has 0 unspecified atom stereocenters. The number of nitrogens with one attached hydrogen (secondary N) is 2. The molecule has 21 heavy (non-hydrogen) atoms. The highest BCUT2D eigenvalue weighted by atomic mass is 79.9. The number of halogens is 1. The van der Waals surface area contributed by atoms with Gasteiger partial charge in [0.1, 0.15) is 12.7 Å². The molecule has 106 valence electrons. The first-order valence-electron chi connectivity index (χ1n) is 6.06. The zero-order valence-corrected chi connectivity index (χ0v) is 12.6. The normalized spacial score (nSPS) is 10.4. The van der Waals surface area contributed by atoms with Gasteiger partial charge in [-0.2, -0.15) is 24.7 Å². The van der Waals surface area contributed by atoms with Crippen LogP contribution in [0.4, 0.5) is 17.6 Å². The Morgan fingerprint density at radius 1 is 1.10 bits per heavy atom. The average molecular weight is 347 g/mol. The summed E-state index contributed by atoms with van der Waals surface area (Å²) >= 11 is 3.47. The van der Waals surface area contributed by atoms with E-state index in [4.69, 9.17) is 0 Å². The Labute approximate surface area is 128 Å². The second-order valence-electron chi connectivity index (χ2n) is 3.98. The van der Waals surface area contributed by atoms with Crippen molar-refractivity contribution in [1.82, 2.24) is 29.7 Å². The summed E-state index contributed by atoms with van der Waals surface area (Å²) in [5, 5.41) is 10.0. The first-order chi connectivity index (χ1) is 10.3. The Hall–Kier alpha value is -2.55. The van der Waals surface area contributed by atoms with Crippen LogP contribution in [0.15, 0.2) is 41.4 Å². The predicted octanol–water partition coefficient (Wildman–Crippen LogP) is 2.00. The molecular weight excluding hydrogens is 336 g/mol. The summed E-state index contributed by atoms with van der Waals surface area (Å²) in [4.78, 5) is 16.7. The summed E-state index contributed by atoms with van der Waals surface area (Å²) in [6.45, 7) is 0. The van der Waals surface area contributed by atoms with Gasteiger partial charge in [-0.3, -0.25) is 0 Å². The Kier molecular flexibility index (Phi) is 3.73. The second kappa shape index (κ2) is 5.83. The van der Waals surface area contributed by atoms with Crippen LogP contribution in [-0.2, 0) is 0 Å². The largest absolute Gasteiger partial charge is 0.357 e. The summed E-state index contributed by atoms with van der Waals surface area (Å²) in [6.07, 6.45) is 2.95. The third-order valence-electron chi connectivity index (χ3n) is 2.59. The standard InChI is InChI=1S/C12H11BrN8/c1-14-10-18-11(17-9-5-3-2-4-8(9)13)20-12(19-10)21-7-15-6-16-21/h2-7H,1H3,(H2,14,17,18,19,20). The van der Waals surface area contributed by atoms with E-state index in [0.717, 1.165) is 10.2 Å². The maximum absolute atomic E-state index is 4.33. The maximum atomic E-state index is 4.33. The van der Waals surface area contributed by atoms with Crippen molar-refractivity contribution in [3.8, 4) is 5.95 Å². The van der Waals surface area contributed by atoms with Crippen LogP contribution in [0.2, 0.25) is 0 Å². The lowest BCUT2D eigenvalue weighted by atomic mass is 10.3. The van der Waals surface area contributed by atoms with Crippen LogP contribution < -0.4 is 10.6 Å². The molecule has 3 rings (SSSR count). The number of rotatable bonds is 4. The SMILES string of the molecule is CNc1nc(Nc2ccccc2Br)nc(-n2cncn2)n1. The van der Waals surface area contributed by atoms with E-state index in [1.54, 1.807) is 7.05 Å². The van der Waals surface area contributed by atoms with E-state index in [2.05, 4.69) is 51.6 Å². The molecule has 9 heteroatoms. The van der Waals surface area contributed by atoms with Gasteiger partial charge in [0.2, 0.25) is 11.9 Å². The molecule has 0 aliphatic rings. The van der Waals surface area contributed by atoms with Gasteiger partial charge < -0.3 is 10.6 Å². The third-order valence-corrected chi connectivity index (χ3v) is 3.28. The lowest BCUT2D eigenvalue weighted by molar-refractivity contribution is 0.798. The molecule has 0 bridgehead atoms. The van der Waals surface area contributed by atoms with Crippen molar-refractivity contribution >= 4 is 33.5 Å². The smallest absolute Gasteiger partial charge is 0.258 e. The van der Waals surface area contributed by atoms with Gasteiger partial charge in [0.15, 0.2) is 0 Å². The van der Waals surface area contributed by atoms with Crippen LogP contribution in [-0.4, -0.2) is 36.8 Å². The number of nitrogens with zero attached hydrogens (tertiary/aromatic N) is 6. The molecule has 0 amide bonds. The van der Waals surface area contributed by atoms with Crippen molar-refractivity contribution in [2.45, 2.75) is 0 Å². The van der Waals surface area contributed by atoms with Crippen molar-refractivity contribution in [3.05, 3.63) is 41.4 Å². The fourth-order valence-electron chi connectivity index (χ4n) is 1.63. The molecule has 0 saturated heterocycles. The number of para-hydroxylation sites is 1. The van der Waals surface area contributed by atoms with Crippen LogP contribution >= 0.6 is 15.9 Å². The molecule has 3 aromatic rings. The highest BCUT2D eigenvalue weighted by Gasteiger charge is 2.09. The lowest BCUT2D eigenvalue weighted by Gasteiger charge is -2.09. The Balaban J connectivity index is 1.99. The fraction of sp³-hybridized carbons (Fsp3) is 0.0833. The van der Waals surface area contributed by atoms with Crippen molar-refractivity contribution in [1.29, 1.82) is 0 Å².